The predicted octanol–water partition coefficient (Wildman–Crippen LogP) is 5.76. The number of rotatable bonds is 2. The fraction of sp³-hybridized carbons (Fsp3) is 0.643. The van der Waals surface area contributed by atoms with Gasteiger partial charge in [0.1, 0.15) is 22.7 Å². The second-order valence-corrected chi connectivity index (χ2v) is 11.8. The molecule has 0 aromatic rings. The maximum absolute atomic E-state index is 13.4. The second-order valence-electron chi connectivity index (χ2n) is 11.8. The fourth-order valence-corrected chi connectivity index (χ4v) is 5.18. The number of aliphatic hydroxyl groups excluding tert-OH is 2. The number of carbonyl (C=O) groups excluding carboxylic acids is 2. The highest BCUT2D eigenvalue weighted by molar-refractivity contribution is 6.24. The lowest BCUT2D eigenvalue weighted by atomic mass is 9.67. The van der Waals surface area contributed by atoms with Crippen molar-refractivity contribution in [3.63, 3.8) is 0 Å². The van der Waals surface area contributed by atoms with E-state index in [0.717, 1.165) is 5.57 Å². The molecule has 0 bridgehead atoms. The number of hydrogen-bond acceptors (Lipinski definition) is 5. The summed E-state index contributed by atoms with van der Waals surface area (Å²) in [5, 5.41) is 21.8. The summed E-state index contributed by atoms with van der Waals surface area (Å²) in [6.07, 6.45) is 8.25. The third-order valence-corrected chi connectivity index (χ3v) is 7.64. The Bertz CT molecular complexity index is 972. The molecular weight excluding hydrogens is 416 g/mol. The van der Waals surface area contributed by atoms with E-state index >= 15 is 0 Å². The van der Waals surface area contributed by atoms with Gasteiger partial charge in [-0.15, -0.1) is 0 Å². The molecule has 3 aliphatic rings. The van der Waals surface area contributed by atoms with E-state index in [9.17, 15) is 19.8 Å². The average Bonchev–Trinajstić information content (AvgIpc) is 2.71. The van der Waals surface area contributed by atoms with Gasteiger partial charge in [-0.3, -0.25) is 9.59 Å². The van der Waals surface area contributed by atoms with Crippen molar-refractivity contribution >= 4 is 11.6 Å². The first-order valence-electron chi connectivity index (χ1n) is 12.1. The average molecular weight is 457 g/mol. The summed E-state index contributed by atoms with van der Waals surface area (Å²) in [7, 11) is 0. The summed E-state index contributed by atoms with van der Waals surface area (Å²) in [6, 6.07) is 0. The maximum Gasteiger partial charge on any atom is 0.183 e. The Labute approximate surface area is 198 Å². The van der Waals surface area contributed by atoms with Crippen LogP contribution in [0.4, 0.5) is 0 Å². The van der Waals surface area contributed by atoms with Crippen LogP contribution in [0.5, 0.6) is 0 Å². The Hall–Kier alpha value is -2.14. The number of ketones is 2. The van der Waals surface area contributed by atoms with E-state index in [1.807, 2.05) is 6.92 Å². The Morgan fingerprint density at radius 3 is 2.42 bits per heavy atom. The minimum atomic E-state index is -1.04. The molecule has 0 fully saturated rings. The fourth-order valence-electron chi connectivity index (χ4n) is 5.18. The van der Waals surface area contributed by atoms with Crippen LogP contribution in [0.25, 0.3) is 0 Å². The summed E-state index contributed by atoms with van der Waals surface area (Å²) in [5.41, 5.74) is -0.397. The molecule has 1 heterocycles. The Balaban J connectivity index is 2.13. The zero-order valence-corrected chi connectivity index (χ0v) is 21.4. The first-order valence-corrected chi connectivity index (χ1v) is 12.1. The van der Waals surface area contributed by atoms with Crippen molar-refractivity contribution in [2.24, 2.45) is 22.7 Å². The highest BCUT2D eigenvalue weighted by Gasteiger charge is 2.52. The van der Waals surface area contributed by atoms with Gasteiger partial charge in [-0.2, -0.15) is 0 Å². The van der Waals surface area contributed by atoms with Crippen LogP contribution in [0.15, 0.2) is 46.5 Å². The number of hydrogen-bond donors (Lipinski definition) is 2. The van der Waals surface area contributed by atoms with Gasteiger partial charge < -0.3 is 14.9 Å². The van der Waals surface area contributed by atoms with Crippen LogP contribution in [-0.2, 0) is 14.3 Å². The molecule has 0 aromatic carbocycles. The molecule has 0 aromatic heterocycles. The molecule has 2 N–H and O–H groups in total. The van der Waals surface area contributed by atoms with Crippen molar-refractivity contribution < 1.29 is 24.5 Å². The van der Waals surface area contributed by atoms with E-state index in [4.69, 9.17) is 4.74 Å². The van der Waals surface area contributed by atoms with Crippen molar-refractivity contribution in [1.82, 2.24) is 0 Å². The molecule has 0 saturated heterocycles. The number of Topliss-reactive ketones (excluding diaryl/α,β-unsaturated/α-hetero) is 2. The predicted molar refractivity (Wildman–Crippen MR) is 129 cm³/mol. The lowest BCUT2D eigenvalue weighted by Gasteiger charge is -2.48. The van der Waals surface area contributed by atoms with Crippen LogP contribution in [-0.4, -0.2) is 33.5 Å². The summed E-state index contributed by atoms with van der Waals surface area (Å²) in [6.45, 7) is 15.3. The minimum Gasteiger partial charge on any atom is -0.507 e. The van der Waals surface area contributed by atoms with Gasteiger partial charge in [0.25, 0.3) is 0 Å². The molecule has 5 heteroatoms. The van der Waals surface area contributed by atoms with Gasteiger partial charge in [-0.25, -0.2) is 0 Å². The van der Waals surface area contributed by atoms with Gasteiger partial charge in [0.05, 0.1) is 11.5 Å². The highest BCUT2D eigenvalue weighted by atomic mass is 16.5. The first-order chi connectivity index (χ1) is 15.1. The van der Waals surface area contributed by atoms with E-state index in [1.165, 1.54) is 0 Å². The third kappa shape index (κ3) is 4.62. The van der Waals surface area contributed by atoms with Crippen molar-refractivity contribution in [3.8, 4) is 0 Å². The number of carbonyl (C=O) groups is 2. The van der Waals surface area contributed by atoms with Gasteiger partial charge in [-0.1, -0.05) is 45.9 Å². The normalized spacial score (nSPS) is 34.5. The third-order valence-electron chi connectivity index (χ3n) is 7.64. The Morgan fingerprint density at radius 2 is 1.82 bits per heavy atom. The molecule has 0 amide bonds. The lowest BCUT2D eigenvalue weighted by molar-refractivity contribution is -0.132. The maximum atomic E-state index is 13.4. The number of aliphatic hydroxyl groups is 2. The molecule has 0 spiro atoms. The SMILES string of the molecule is C/C1=C\C[C@H]2CC3=C(O[C@]2(C)C/C=C\C(C)(C)C[C@H]1O)C(C)(C)C(=O)C(C(=O)C(C)C)=C3O. The summed E-state index contributed by atoms with van der Waals surface area (Å²) >= 11 is 0. The summed E-state index contributed by atoms with van der Waals surface area (Å²) < 4.78 is 6.64. The van der Waals surface area contributed by atoms with E-state index in [1.54, 1.807) is 27.7 Å². The molecule has 0 saturated carbocycles. The largest absolute Gasteiger partial charge is 0.507 e. The molecule has 33 heavy (non-hydrogen) atoms. The molecule has 3 atom stereocenters. The van der Waals surface area contributed by atoms with Crippen LogP contribution in [0, 0.1) is 22.7 Å². The zero-order chi connectivity index (χ0) is 24.9. The van der Waals surface area contributed by atoms with E-state index in [2.05, 4.69) is 39.0 Å². The van der Waals surface area contributed by atoms with Gasteiger partial charge in [0, 0.05) is 23.8 Å². The quantitative estimate of drug-likeness (QED) is 0.408. The molecular formula is C28H40O5. The molecule has 3 rings (SSSR count). The highest BCUT2D eigenvalue weighted by Crippen LogP contribution is 2.52. The Morgan fingerprint density at radius 1 is 1.18 bits per heavy atom. The van der Waals surface area contributed by atoms with Crippen molar-refractivity contribution in [3.05, 3.63) is 46.5 Å². The molecule has 1 aliphatic heterocycles. The van der Waals surface area contributed by atoms with Crippen molar-refractivity contribution in [2.75, 3.05) is 0 Å². The van der Waals surface area contributed by atoms with Crippen LogP contribution < -0.4 is 0 Å². The van der Waals surface area contributed by atoms with E-state index in [-0.39, 0.29) is 34.2 Å². The number of ether oxygens (including phenoxy) is 1. The van der Waals surface area contributed by atoms with Crippen LogP contribution in [0.1, 0.15) is 81.1 Å². The standard InChI is InChI=1S/C28H40O5/c1-16(2)22(30)21-23(31)19-14-18-11-10-17(3)20(29)15-26(4,5)12-9-13-28(18,8)33-25(19)27(6,7)24(21)32/h9-10,12,16,18,20,29,31H,11,13-15H2,1-8H3/b12-9-,17-10+/t18-,20+,28+/m0/s1. The van der Waals surface area contributed by atoms with Crippen molar-refractivity contribution in [2.45, 2.75) is 92.8 Å². The zero-order valence-electron chi connectivity index (χ0n) is 21.4. The van der Waals surface area contributed by atoms with Gasteiger partial charge in [0.2, 0.25) is 0 Å². The summed E-state index contributed by atoms with van der Waals surface area (Å²) in [5.74, 6) is -0.847. The van der Waals surface area contributed by atoms with Crippen LogP contribution >= 0.6 is 0 Å². The van der Waals surface area contributed by atoms with E-state index < -0.39 is 23.0 Å². The topological polar surface area (TPSA) is 83.8 Å². The molecule has 0 unspecified atom stereocenters. The monoisotopic (exact) mass is 456 g/mol. The van der Waals surface area contributed by atoms with Crippen LogP contribution in [0.3, 0.4) is 0 Å². The van der Waals surface area contributed by atoms with Gasteiger partial charge >= 0.3 is 0 Å². The molecule has 0 radical (unpaired) electrons. The molecule has 2 aliphatic carbocycles. The van der Waals surface area contributed by atoms with Gasteiger partial charge in [-0.05, 0) is 57.9 Å². The van der Waals surface area contributed by atoms with E-state index in [0.29, 0.717) is 37.0 Å². The molecule has 5 nitrogen and oxygen atoms in total. The second kappa shape index (κ2) is 8.57. The van der Waals surface area contributed by atoms with Crippen LogP contribution in [0.2, 0.25) is 0 Å². The number of fused-ring (bicyclic) bond motifs is 1. The summed E-state index contributed by atoms with van der Waals surface area (Å²) in [4.78, 5) is 26.2. The minimum absolute atomic E-state index is 0.00539. The smallest absolute Gasteiger partial charge is 0.183 e. The van der Waals surface area contributed by atoms with Crippen molar-refractivity contribution in [1.29, 1.82) is 0 Å². The first kappa shape index (κ1) is 25.5. The Kier molecular flexibility index (Phi) is 6.62. The molecule has 182 valence electrons. The van der Waals surface area contributed by atoms with Gasteiger partial charge in [0.15, 0.2) is 11.6 Å². The lowest BCUT2D eigenvalue weighted by Crippen LogP contribution is -2.48. The number of allylic oxidation sites excluding steroid dienone is 5.